The Morgan fingerprint density at radius 2 is 2.00 bits per heavy atom. The molecule has 2 aliphatic heterocycles. The summed E-state index contributed by atoms with van der Waals surface area (Å²) < 4.78 is 24.9. The Balaban J connectivity index is 1.94. The fraction of sp³-hybridized carbons (Fsp3) is 0.647. The van der Waals surface area contributed by atoms with Crippen LogP contribution in [0, 0.1) is 11.7 Å². The van der Waals surface area contributed by atoms with Crippen molar-refractivity contribution in [3.8, 4) is 5.75 Å². The summed E-state index contributed by atoms with van der Waals surface area (Å²) >= 11 is 0. The minimum Gasteiger partial charge on any atom is -0.496 e. The summed E-state index contributed by atoms with van der Waals surface area (Å²) in [6, 6.07) is 5.08. The highest BCUT2D eigenvalue weighted by molar-refractivity contribution is 5.37. The molecular weight excluding hydrogens is 283 g/mol. The monoisotopic (exact) mass is 308 g/mol. The van der Waals surface area contributed by atoms with Crippen molar-refractivity contribution in [2.75, 3.05) is 46.5 Å². The number of ether oxygens (including phenoxy) is 2. The van der Waals surface area contributed by atoms with Crippen LogP contribution in [0.1, 0.15) is 24.4 Å². The molecule has 0 unspecified atom stereocenters. The molecule has 2 saturated heterocycles. The van der Waals surface area contributed by atoms with E-state index in [0.29, 0.717) is 5.92 Å². The van der Waals surface area contributed by atoms with Crippen molar-refractivity contribution in [2.24, 2.45) is 5.92 Å². The zero-order chi connectivity index (χ0) is 15.4. The van der Waals surface area contributed by atoms with Gasteiger partial charge in [-0.3, -0.25) is 4.90 Å². The van der Waals surface area contributed by atoms with E-state index in [1.165, 1.54) is 6.07 Å². The average Bonchev–Trinajstić information content (AvgIpc) is 2.57. The molecule has 5 heteroatoms. The second-order valence-electron chi connectivity index (χ2n) is 6.07. The second kappa shape index (κ2) is 7.40. The number of nitrogens with zero attached hydrogens (tertiary/aromatic N) is 1. The SMILES string of the molecule is COc1ccc(F)cc1[C@H](C1CCOCC1)N1CCNCC1. The minimum atomic E-state index is -0.192. The third kappa shape index (κ3) is 3.42. The van der Waals surface area contributed by atoms with Gasteiger partial charge < -0.3 is 14.8 Å². The molecule has 0 aromatic heterocycles. The molecule has 1 aromatic rings. The molecule has 2 heterocycles. The fourth-order valence-electron chi connectivity index (χ4n) is 3.68. The molecule has 1 N–H and O–H groups in total. The predicted octanol–water partition coefficient (Wildman–Crippen LogP) is 2.21. The number of nitrogens with one attached hydrogen (secondary N) is 1. The molecule has 0 saturated carbocycles. The van der Waals surface area contributed by atoms with E-state index in [1.54, 1.807) is 19.2 Å². The van der Waals surface area contributed by atoms with Gasteiger partial charge in [0.1, 0.15) is 11.6 Å². The van der Waals surface area contributed by atoms with Crippen molar-refractivity contribution in [2.45, 2.75) is 18.9 Å². The zero-order valence-electron chi connectivity index (χ0n) is 13.2. The average molecular weight is 308 g/mol. The standard InChI is InChI=1S/C17H25FN2O2/c1-21-16-3-2-14(18)12-15(16)17(13-4-10-22-11-5-13)20-8-6-19-7-9-20/h2-3,12-13,17,19H,4-11H2,1H3/t17-/m0/s1. The van der Waals surface area contributed by atoms with Crippen LogP contribution in [-0.2, 0) is 4.74 Å². The molecule has 3 rings (SSSR count). The quantitative estimate of drug-likeness (QED) is 0.925. The molecule has 4 nitrogen and oxygen atoms in total. The van der Waals surface area contributed by atoms with Crippen LogP contribution in [0.2, 0.25) is 0 Å². The van der Waals surface area contributed by atoms with Crippen LogP contribution in [0.3, 0.4) is 0 Å². The van der Waals surface area contributed by atoms with Crippen molar-refractivity contribution in [1.82, 2.24) is 10.2 Å². The lowest BCUT2D eigenvalue weighted by Gasteiger charge is -2.41. The highest BCUT2D eigenvalue weighted by Gasteiger charge is 2.33. The second-order valence-corrected chi connectivity index (χ2v) is 6.07. The number of hydrogen-bond acceptors (Lipinski definition) is 4. The highest BCUT2D eigenvalue weighted by Crippen LogP contribution is 2.39. The smallest absolute Gasteiger partial charge is 0.123 e. The van der Waals surface area contributed by atoms with E-state index in [2.05, 4.69) is 10.2 Å². The number of benzene rings is 1. The van der Waals surface area contributed by atoms with E-state index in [-0.39, 0.29) is 11.9 Å². The largest absolute Gasteiger partial charge is 0.496 e. The Hall–Kier alpha value is -1.17. The van der Waals surface area contributed by atoms with Gasteiger partial charge in [0.05, 0.1) is 7.11 Å². The van der Waals surface area contributed by atoms with Gasteiger partial charge in [-0.05, 0) is 37.0 Å². The maximum absolute atomic E-state index is 13.9. The van der Waals surface area contributed by atoms with E-state index in [9.17, 15) is 4.39 Å². The van der Waals surface area contributed by atoms with Crippen molar-refractivity contribution in [1.29, 1.82) is 0 Å². The Bertz CT molecular complexity index is 468. The van der Waals surface area contributed by atoms with Gasteiger partial charge in [-0.15, -0.1) is 0 Å². The fourth-order valence-corrected chi connectivity index (χ4v) is 3.68. The Labute approximate surface area is 131 Å². The molecule has 1 aromatic carbocycles. The van der Waals surface area contributed by atoms with Crippen LogP contribution >= 0.6 is 0 Å². The van der Waals surface area contributed by atoms with E-state index < -0.39 is 0 Å². The number of methoxy groups -OCH3 is 1. The molecule has 0 radical (unpaired) electrons. The molecule has 122 valence electrons. The van der Waals surface area contributed by atoms with Crippen molar-refractivity contribution in [3.05, 3.63) is 29.6 Å². The first kappa shape index (κ1) is 15.7. The normalized spacial score (nSPS) is 22.5. The van der Waals surface area contributed by atoms with E-state index in [4.69, 9.17) is 9.47 Å². The third-order valence-electron chi connectivity index (χ3n) is 4.77. The summed E-state index contributed by atoms with van der Waals surface area (Å²) in [7, 11) is 1.66. The maximum Gasteiger partial charge on any atom is 0.123 e. The van der Waals surface area contributed by atoms with Crippen molar-refractivity contribution < 1.29 is 13.9 Å². The van der Waals surface area contributed by atoms with Gasteiger partial charge >= 0.3 is 0 Å². The lowest BCUT2D eigenvalue weighted by Crippen LogP contribution is -2.47. The first-order valence-corrected chi connectivity index (χ1v) is 8.15. The summed E-state index contributed by atoms with van der Waals surface area (Å²) in [5, 5.41) is 3.39. The number of hydrogen-bond donors (Lipinski definition) is 1. The van der Waals surface area contributed by atoms with Gasteiger partial charge in [0, 0.05) is 51.0 Å². The molecule has 2 fully saturated rings. The van der Waals surface area contributed by atoms with Crippen LogP contribution in [-0.4, -0.2) is 51.4 Å². The van der Waals surface area contributed by atoms with E-state index in [0.717, 1.165) is 63.5 Å². The molecule has 1 atom stereocenters. The van der Waals surface area contributed by atoms with Crippen LogP contribution < -0.4 is 10.1 Å². The van der Waals surface area contributed by atoms with Gasteiger partial charge in [0.2, 0.25) is 0 Å². The molecule has 0 spiro atoms. The molecular formula is C17H25FN2O2. The molecule has 0 bridgehead atoms. The van der Waals surface area contributed by atoms with Gasteiger partial charge in [0.15, 0.2) is 0 Å². The summed E-state index contributed by atoms with van der Waals surface area (Å²) in [5.41, 5.74) is 0.983. The van der Waals surface area contributed by atoms with Gasteiger partial charge in [-0.2, -0.15) is 0 Å². The van der Waals surface area contributed by atoms with Gasteiger partial charge in [0.25, 0.3) is 0 Å². The van der Waals surface area contributed by atoms with Crippen LogP contribution in [0.25, 0.3) is 0 Å². The molecule has 0 amide bonds. The molecule has 0 aliphatic carbocycles. The lowest BCUT2D eigenvalue weighted by molar-refractivity contribution is 0.0205. The summed E-state index contributed by atoms with van der Waals surface area (Å²) in [6.07, 6.45) is 2.04. The molecule has 2 aliphatic rings. The van der Waals surface area contributed by atoms with Gasteiger partial charge in [-0.1, -0.05) is 0 Å². The topological polar surface area (TPSA) is 33.7 Å². The highest BCUT2D eigenvalue weighted by atomic mass is 19.1. The van der Waals surface area contributed by atoms with Crippen molar-refractivity contribution >= 4 is 0 Å². The summed E-state index contributed by atoms with van der Waals surface area (Å²) in [5.74, 6) is 1.09. The summed E-state index contributed by atoms with van der Waals surface area (Å²) in [6.45, 7) is 5.54. The third-order valence-corrected chi connectivity index (χ3v) is 4.77. The first-order valence-electron chi connectivity index (χ1n) is 8.15. The lowest BCUT2D eigenvalue weighted by atomic mass is 9.85. The summed E-state index contributed by atoms with van der Waals surface area (Å²) in [4.78, 5) is 2.48. The van der Waals surface area contributed by atoms with Crippen molar-refractivity contribution in [3.63, 3.8) is 0 Å². The van der Waals surface area contributed by atoms with Gasteiger partial charge in [-0.25, -0.2) is 4.39 Å². The first-order chi connectivity index (χ1) is 10.8. The van der Waals surface area contributed by atoms with Crippen LogP contribution in [0.15, 0.2) is 18.2 Å². The Kier molecular flexibility index (Phi) is 5.28. The number of piperazine rings is 1. The Morgan fingerprint density at radius 3 is 2.68 bits per heavy atom. The maximum atomic E-state index is 13.9. The van der Waals surface area contributed by atoms with Crippen LogP contribution in [0.5, 0.6) is 5.75 Å². The zero-order valence-corrected chi connectivity index (χ0v) is 13.2. The van der Waals surface area contributed by atoms with E-state index >= 15 is 0 Å². The molecule has 22 heavy (non-hydrogen) atoms. The Morgan fingerprint density at radius 1 is 1.27 bits per heavy atom. The number of halogens is 1. The predicted molar refractivity (Wildman–Crippen MR) is 83.7 cm³/mol. The number of rotatable bonds is 4. The van der Waals surface area contributed by atoms with Crippen LogP contribution in [0.4, 0.5) is 4.39 Å². The van der Waals surface area contributed by atoms with E-state index in [1.807, 2.05) is 0 Å². The minimum absolute atomic E-state index is 0.192.